The van der Waals surface area contributed by atoms with Crippen LogP contribution >= 0.6 is 11.8 Å². The highest BCUT2D eigenvalue weighted by molar-refractivity contribution is 7.98. The number of aliphatic carboxylic acids is 1. The smallest absolute Gasteiger partial charge is 0.326 e. The summed E-state index contributed by atoms with van der Waals surface area (Å²) in [6.07, 6.45) is -2.20. The topological polar surface area (TPSA) is 566 Å². The third-order valence-corrected chi connectivity index (χ3v) is 15.2. The van der Waals surface area contributed by atoms with Gasteiger partial charge in [-0.15, -0.1) is 0 Å². The molecule has 524 valence electrons. The number of aromatic hydroxyl groups is 2. The number of aliphatic hydroxyl groups is 4. The van der Waals surface area contributed by atoms with E-state index in [1.54, 1.807) is 36.6 Å². The monoisotopic (exact) mass is 1360 g/mol. The van der Waals surface area contributed by atoms with Crippen LogP contribution in [0.3, 0.4) is 0 Å². The molecule has 35 heteroatoms. The van der Waals surface area contributed by atoms with Crippen LogP contribution in [0.1, 0.15) is 62.4 Å². The number of guanidine groups is 1. The molecular weight excluding hydrogens is 1280 g/mol. The second-order valence-electron chi connectivity index (χ2n) is 22.4. The Bertz CT molecular complexity index is 3240. The Kier molecular flexibility index (Phi) is 32.5. The van der Waals surface area contributed by atoms with Crippen molar-refractivity contribution in [1.82, 2.24) is 68.5 Å². The Morgan fingerprint density at radius 1 is 0.531 bits per heavy atom. The molecule has 0 spiro atoms. The molecule has 96 heavy (non-hydrogen) atoms. The zero-order valence-electron chi connectivity index (χ0n) is 53.1. The Labute approximate surface area is 556 Å². The molecule has 24 N–H and O–H groups in total. The fourth-order valence-corrected chi connectivity index (χ4v) is 9.73. The Balaban J connectivity index is 1.63. The van der Waals surface area contributed by atoms with E-state index in [2.05, 4.69) is 68.5 Å². The van der Waals surface area contributed by atoms with Gasteiger partial charge < -0.3 is 111 Å². The van der Waals surface area contributed by atoms with Crippen LogP contribution in [0.4, 0.5) is 0 Å². The summed E-state index contributed by atoms with van der Waals surface area (Å²) in [5.74, 6) is -12.4. The standard InChI is InChI=1S/C61H86N16O18S/c1-31(79)48(77-56(90)45(23-34-9-6-5-7-10-34)73-59(93)50(33(3)81)75-54(88)43(24-35-12-16-38(82)17-13-35)69-47(84)28-67-51(85)40(62)29-78)57(91)70-41(11-8-21-66-61(63)64)52(86)72-44(25-36-14-18-39(83)19-15-36)55(89)76-49(32(2)80)58(92)71-42(20-22-96-4)53(87)74-46(60(94)95)26-37-27-65-30-68-37/h5-7,9-10,12-19,27,30-33,40-46,48-50,78-83H,8,11,20-26,28-29,62H2,1-4H3,(H,65,68)(H,67,85)(H,69,84)(H,70,91)(H,71,92)(H,72,86)(H,73,93)(H,74,87)(H,75,88)(H,76,89)(H,77,90)(H,94,95)(H4,63,64,66)/t31-,32-,33-,40+,41+,42+,43+,44+,45+,46+,48+,49+,50+/m1/s1. The molecular formula is C61H86N16O18S. The molecule has 4 aromatic rings. The summed E-state index contributed by atoms with van der Waals surface area (Å²) in [5.41, 5.74) is 12.5. The van der Waals surface area contributed by atoms with E-state index in [9.17, 15) is 88.5 Å². The maximum atomic E-state index is 14.6. The number of aromatic amines is 1. The van der Waals surface area contributed by atoms with Gasteiger partial charge in [-0.2, -0.15) is 11.8 Å². The van der Waals surface area contributed by atoms with E-state index >= 15 is 0 Å². The maximum Gasteiger partial charge on any atom is 0.326 e. The number of benzene rings is 3. The number of nitrogens with one attached hydrogen (secondary N) is 13. The van der Waals surface area contributed by atoms with Crippen LogP contribution in [0.25, 0.3) is 0 Å². The number of carbonyl (C=O) groups excluding carboxylic acids is 10. The van der Waals surface area contributed by atoms with E-state index in [1.165, 1.54) is 72.8 Å². The number of thioether (sulfide) groups is 1. The number of carboxylic acids is 1. The summed E-state index contributed by atoms with van der Waals surface area (Å²) >= 11 is 1.30. The number of phenols is 2. The first-order chi connectivity index (χ1) is 45.5. The number of H-pyrrole nitrogens is 1. The molecule has 0 bridgehead atoms. The SMILES string of the molecule is CSCC[C@H](NC(=O)[C@@H](NC(=O)[C@H](Cc1ccc(O)cc1)NC(=O)[C@H](CCCNC(=N)N)NC(=O)[C@@H](NC(=O)[C@H](Cc1ccccc1)NC(=O)[C@@H](NC(=O)[C@H](Cc1ccc(O)cc1)NC(=O)CNC(=O)[C@@H](N)CO)[C@@H](C)O)[C@@H](C)O)[C@@H](C)O)C(=O)N[C@@H](Cc1c[nH]cn1)C(=O)O. The first-order valence-corrected chi connectivity index (χ1v) is 31.7. The number of phenolic OH excluding ortho intramolecular Hbond substituents is 2. The molecule has 0 radical (unpaired) electrons. The van der Waals surface area contributed by atoms with Gasteiger partial charge in [0.1, 0.15) is 71.9 Å². The van der Waals surface area contributed by atoms with Gasteiger partial charge in [0, 0.05) is 38.4 Å². The predicted octanol–water partition coefficient (Wildman–Crippen LogP) is -5.87. The zero-order chi connectivity index (χ0) is 71.2. The van der Waals surface area contributed by atoms with Crippen LogP contribution in [0.2, 0.25) is 0 Å². The number of aliphatic hydroxyl groups excluding tert-OH is 4. The van der Waals surface area contributed by atoms with Crippen molar-refractivity contribution >= 4 is 82.8 Å². The van der Waals surface area contributed by atoms with Crippen LogP contribution in [0, 0.1) is 5.41 Å². The first-order valence-electron chi connectivity index (χ1n) is 30.3. The number of imidazole rings is 1. The van der Waals surface area contributed by atoms with Gasteiger partial charge >= 0.3 is 5.97 Å². The van der Waals surface area contributed by atoms with Crippen molar-refractivity contribution in [3.8, 4) is 11.5 Å². The molecule has 0 fully saturated rings. The quantitative estimate of drug-likeness (QED) is 0.0112. The molecule has 1 aromatic heterocycles. The number of amides is 10. The van der Waals surface area contributed by atoms with Crippen molar-refractivity contribution in [2.45, 2.75) is 144 Å². The second kappa shape index (κ2) is 39.7. The van der Waals surface area contributed by atoms with Gasteiger partial charge in [0.15, 0.2) is 5.96 Å². The van der Waals surface area contributed by atoms with Crippen molar-refractivity contribution in [3.63, 3.8) is 0 Å². The average molecular weight is 1360 g/mol. The first kappa shape index (κ1) is 78.5. The number of nitrogens with two attached hydrogens (primary N) is 2. The molecule has 0 unspecified atom stereocenters. The minimum atomic E-state index is -1.94. The lowest BCUT2D eigenvalue weighted by Crippen LogP contribution is -2.63. The molecule has 3 aromatic carbocycles. The third-order valence-electron chi connectivity index (χ3n) is 14.5. The minimum absolute atomic E-state index is 0.0147. The second-order valence-corrected chi connectivity index (χ2v) is 23.4. The average Bonchev–Trinajstić information content (AvgIpc) is 1.10. The lowest BCUT2D eigenvalue weighted by molar-refractivity contribution is -0.142. The van der Waals surface area contributed by atoms with Crippen molar-refractivity contribution in [2.75, 3.05) is 31.7 Å². The number of carbonyl (C=O) groups is 11. The lowest BCUT2D eigenvalue weighted by atomic mass is 10.0. The molecule has 0 aliphatic rings. The normalized spacial score (nSPS) is 15.1. The van der Waals surface area contributed by atoms with Crippen molar-refractivity contribution in [3.05, 3.63) is 114 Å². The Morgan fingerprint density at radius 3 is 1.34 bits per heavy atom. The fraction of sp³-hybridized carbons (Fsp3) is 0.459. The number of aromatic nitrogens is 2. The highest BCUT2D eigenvalue weighted by Gasteiger charge is 2.38. The van der Waals surface area contributed by atoms with Crippen molar-refractivity contribution in [2.24, 2.45) is 11.5 Å². The zero-order valence-corrected chi connectivity index (χ0v) is 53.9. The van der Waals surface area contributed by atoms with Crippen LogP contribution in [-0.4, -0.2) is 227 Å². The molecule has 0 aliphatic heterocycles. The lowest BCUT2D eigenvalue weighted by Gasteiger charge is -2.29. The van der Waals surface area contributed by atoms with Crippen molar-refractivity contribution in [1.29, 1.82) is 5.41 Å². The van der Waals surface area contributed by atoms with Crippen molar-refractivity contribution < 1.29 is 88.5 Å². The summed E-state index contributed by atoms with van der Waals surface area (Å²) < 4.78 is 0. The Hall–Kier alpha value is -9.94. The van der Waals surface area contributed by atoms with Crippen LogP contribution in [-0.2, 0) is 78.4 Å². The van der Waals surface area contributed by atoms with Crippen LogP contribution < -0.4 is 70.0 Å². The number of carboxylic acid groups (broad SMARTS) is 1. The van der Waals surface area contributed by atoms with Gasteiger partial charge in [0.2, 0.25) is 59.1 Å². The maximum absolute atomic E-state index is 14.6. The molecule has 4 rings (SSSR count). The molecule has 1 heterocycles. The van der Waals surface area contributed by atoms with Gasteiger partial charge in [0.05, 0.1) is 43.5 Å². The van der Waals surface area contributed by atoms with Gasteiger partial charge in [-0.1, -0.05) is 54.6 Å². The number of nitrogens with zero attached hydrogens (tertiary/aromatic N) is 1. The molecule has 13 atom stereocenters. The number of hydrogen-bond donors (Lipinski definition) is 22. The van der Waals surface area contributed by atoms with Crippen LogP contribution in [0.5, 0.6) is 11.5 Å². The summed E-state index contributed by atoms with van der Waals surface area (Å²) in [4.78, 5) is 158. The number of hydrogen-bond acceptors (Lipinski definition) is 21. The fourth-order valence-electron chi connectivity index (χ4n) is 9.26. The van der Waals surface area contributed by atoms with E-state index < -0.39 is 163 Å². The molecule has 10 amide bonds. The van der Waals surface area contributed by atoms with Gasteiger partial charge in [-0.05, 0) is 93.0 Å². The third kappa shape index (κ3) is 26.8. The summed E-state index contributed by atoms with van der Waals surface area (Å²) in [5, 5.41) is 107. The minimum Gasteiger partial charge on any atom is -0.508 e. The van der Waals surface area contributed by atoms with Gasteiger partial charge in [-0.3, -0.25) is 53.4 Å². The largest absolute Gasteiger partial charge is 0.508 e. The summed E-state index contributed by atoms with van der Waals surface area (Å²) in [6.45, 7) is 1.91. The van der Waals surface area contributed by atoms with Gasteiger partial charge in [0.25, 0.3) is 0 Å². The van der Waals surface area contributed by atoms with E-state index in [-0.39, 0.29) is 68.7 Å². The summed E-state index contributed by atoms with van der Waals surface area (Å²) in [7, 11) is 0. The van der Waals surface area contributed by atoms with E-state index in [1.807, 2.05) is 0 Å². The molecule has 0 saturated carbocycles. The van der Waals surface area contributed by atoms with E-state index in [0.29, 0.717) is 22.4 Å². The van der Waals surface area contributed by atoms with E-state index in [0.717, 1.165) is 20.8 Å². The molecule has 0 saturated heterocycles. The van der Waals surface area contributed by atoms with Crippen LogP contribution in [0.15, 0.2) is 91.4 Å². The highest BCUT2D eigenvalue weighted by Crippen LogP contribution is 2.16. The number of rotatable bonds is 40. The molecule has 34 nitrogen and oxygen atoms in total. The Morgan fingerprint density at radius 2 is 0.938 bits per heavy atom. The van der Waals surface area contributed by atoms with Gasteiger partial charge in [-0.25, -0.2) is 9.78 Å². The summed E-state index contributed by atoms with van der Waals surface area (Å²) in [6, 6.07) is 2.52. The predicted molar refractivity (Wildman–Crippen MR) is 346 cm³/mol. The van der Waals surface area contributed by atoms with E-state index in [4.69, 9.17) is 16.9 Å². The highest BCUT2D eigenvalue weighted by atomic mass is 32.2. The molecule has 0 aliphatic carbocycles.